The van der Waals surface area contributed by atoms with Crippen LogP contribution in [0.15, 0.2) is 0 Å². The Morgan fingerprint density at radius 3 is 2.44 bits per heavy atom. The van der Waals surface area contributed by atoms with Crippen molar-refractivity contribution in [1.29, 1.82) is 0 Å². The van der Waals surface area contributed by atoms with Crippen LogP contribution in [0.2, 0.25) is 0 Å². The molecule has 9 heavy (non-hydrogen) atoms. The highest BCUT2D eigenvalue weighted by molar-refractivity contribution is 7.65. The average Bonchev–Trinajstić information content (AvgIpc) is 1.64. The zero-order chi connectivity index (χ0) is 7.33. The Morgan fingerprint density at radius 2 is 2.11 bits per heavy atom. The first-order chi connectivity index (χ1) is 4.12. The summed E-state index contributed by atoms with van der Waals surface area (Å²) in [7, 11) is -2.81. The summed E-state index contributed by atoms with van der Waals surface area (Å²) in [4.78, 5) is 27.7. The predicted molar refractivity (Wildman–Crippen MR) is 37.4 cm³/mol. The highest BCUT2D eigenvalue weighted by atomic mass is 31.2. The largest absolute Gasteiger partial charge is 0.299 e. The number of rotatable bonds is 4. The molecule has 4 heteroatoms. The van der Waals surface area contributed by atoms with E-state index in [0.29, 0.717) is 18.9 Å². The van der Waals surface area contributed by atoms with E-state index in [0.717, 1.165) is 0 Å². The van der Waals surface area contributed by atoms with Gasteiger partial charge in [0.1, 0.15) is 6.16 Å². The van der Waals surface area contributed by atoms with Gasteiger partial charge in [0.2, 0.25) is 0 Å². The van der Waals surface area contributed by atoms with Crippen LogP contribution in [0.5, 0.6) is 0 Å². The second kappa shape index (κ2) is 3.94. The minimum atomic E-state index is -2.81. The van der Waals surface area contributed by atoms with E-state index >= 15 is 0 Å². The maximum atomic E-state index is 9.80. The van der Waals surface area contributed by atoms with Gasteiger partial charge in [0.25, 0.3) is 7.72 Å². The third-order valence-electron chi connectivity index (χ3n) is 0.949. The van der Waals surface area contributed by atoms with Crippen LogP contribution in [0.1, 0.15) is 13.3 Å². The van der Waals surface area contributed by atoms with Gasteiger partial charge in [-0.25, -0.2) is 9.79 Å². The molecule has 0 heterocycles. The summed E-state index contributed by atoms with van der Waals surface area (Å²) in [5.74, 6) is 0. The van der Waals surface area contributed by atoms with Crippen molar-refractivity contribution in [3.05, 3.63) is 0 Å². The highest BCUT2D eigenvalue weighted by Gasteiger charge is 2.30. The van der Waals surface area contributed by atoms with Crippen LogP contribution in [-0.4, -0.2) is 28.4 Å². The first-order valence-corrected chi connectivity index (χ1v) is 4.95. The average molecular weight is 151 g/mol. The summed E-state index contributed by atoms with van der Waals surface area (Å²) in [5.41, 5.74) is 0. The van der Waals surface area contributed by atoms with E-state index in [1.54, 1.807) is 0 Å². The molecule has 54 valence electrons. The van der Waals surface area contributed by atoms with Gasteiger partial charge in [-0.05, 0) is 6.42 Å². The maximum absolute atomic E-state index is 9.80. The molecular formula is C5H12O3P+. The lowest BCUT2D eigenvalue weighted by atomic mass is 10.6. The summed E-state index contributed by atoms with van der Waals surface area (Å²) < 4.78 is 0. The minimum absolute atomic E-state index is 0.0825. The quantitative estimate of drug-likeness (QED) is 0.452. The summed E-state index contributed by atoms with van der Waals surface area (Å²) in [5, 5.41) is 0. The van der Waals surface area contributed by atoms with Gasteiger partial charge in [-0.3, -0.25) is 4.79 Å². The molecule has 0 aromatic rings. The standard InChI is InChI=1S/C5H12O3P/c1-2-4-9(7,8)5-3-6/h3,7-8H,2,4-5H2,1H3/q+1. The van der Waals surface area contributed by atoms with Crippen LogP contribution in [0.25, 0.3) is 0 Å². The van der Waals surface area contributed by atoms with Gasteiger partial charge >= 0.3 is 0 Å². The maximum Gasteiger partial charge on any atom is 0.274 e. The van der Waals surface area contributed by atoms with Crippen molar-refractivity contribution >= 4 is 14.0 Å². The molecule has 0 amide bonds. The second-order valence-electron chi connectivity index (χ2n) is 1.95. The van der Waals surface area contributed by atoms with E-state index < -0.39 is 7.72 Å². The van der Waals surface area contributed by atoms with E-state index in [4.69, 9.17) is 9.79 Å². The predicted octanol–water partition coefficient (Wildman–Crippen LogP) is 0.427. The van der Waals surface area contributed by atoms with Crippen molar-refractivity contribution in [3.63, 3.8) is 0 Å². The van der Waals surface area contributed by atoms with Crippen molar-refractivity contribution in [3.8, 4) is 0 Å². The molecule has 0 aliphatic carbocycles. The van der Waals surface area contributed by atoms with Gasteiger partial charge < -0.3 is 0 Å². The Hall–Kier alpha value is 0.0200. The van der Waals surface area contributed by atoms with E-state index in [1.807, 2.05) is 6.92 Å². The van der Waals surface area contributed by atoms with Gasteiger partial charge in [-0.15, -0.1) is 0 Å². The van der Waals surface area contributed by atoms with Crippen LogP contribution >= 0.6 is 7.72 Å². The molecule has 0 spiro atoms. The van der Waals surface area contributed by atoms with Crippen LogP contribution in [-0.2, 0) is 4.79 Å². The van der Waals surface area contributed by atoms with Crippen LogP contribution in [0.3, 0.4) is 0 Å². The van der Waals surface area contributed by atoms with E-state index in [-0.39, 0.29) is 6.16 Å². The van der Waals surface area contributed by atoms with Gasteiger partial charge in [-0.1, -0.05) is 6.92 Å². The zero-order valence-corrected chi connectivity index (χ0v) is 6.34. The highest BCUT2D eigenvalue weighted by Crippen LogP contribution is 2.48. The van der Waals surface area contributed by atoms with Crippen LogP contribution < -0.4 is 0 Å². The smallest absolute Gasteiger partial charge is 0.274 e. The van der Waals surface area contributed by atoms with Gasteiger partial charge in [0, 0.05) is 0 Å². The lowest BCUT2D eigenvalue weighted by Crippen LogP contribution is -2.01. The van der Waals surface area contributed by atoms with Gasteiger partial charge in [0.15, 0.2) is 12.4 Å². The first kappa shape index (κ1) is 9.02. The van der Waals surface area contributed by atoms with E-state index in [1.165, 1.54) is 0 Å². The van der Waals surface area contributed by atoms with Crippen LogP contribution in [0.4, 0.5) is 0 Å². The summed E-state index contributed by atoms with van der Waals surface area (Å²) in [6.07, 6.45) is 1.56. The third kappa shape index (κ3) is 4.52. The Balaban J connectivity index is 3.55. The molecular weight excluding hydrogens is 139 g/mol. The fourth-order valence-corrected chi connectivity index (χ4v) is 1.71. The third-order valence-corrected chi connectivity index (χ3v) is 2.85. The van der Waals surface area contributed by atoms with Gasteiger partial charge in [-0.2, -0.15) is 0 Å². The Kier molecular flexibility index (Phi) is 3.95. The molecule has 2 N–H and O–H groups in total. The topological polar surface area (TPSA) is 57.5 Å². The fraction of sp³-hybridized carbons (Fsp3) is 0.800. The first-order valence-electron chi connectivity index (χ1n) is 2.88. The van der Waals surface area contributed by atoms with Crippen molar-refractivity contribution in [2.45, 2.75) is 13.3 Å². The molecule has 0 atom stereocenters. The molecule has 0 fully saturated rings. The molecule has 0 radical (unpaired) electrons. The molecule has 0 unspecified atom stereocenters. The number of aldehydes is 1. The summed E-state index contributed by atoms with van der Waals surface area (Å²) in [6.45, 7) is 1.85. The lowest BCUT2D eigenvalue weighted by molar-refractivity contribution is -0.105. The minimum Gasteiger partial charge on any atom is -0.299 e. The molecule has 0 rings (SSSR count). The Morgan fingerprint density at radius 1 is 1.56 bits per heavy atom. The molecule has 0 saturated carbocycles. The zero-order valence-electron chi connectivity index (χ0n) is 5.45. The van der Waals surface area contributed by atoms with Crippen LogP contribution in [0, 0.1) is 0 Å². The van der Waals surface area contributed by atoms with Crippen molar-refractivity contribution in [2.75, 3.05) is 12.3 Å². The van der Waals surface area contributed by atoms with Crippen molar-refractivity contribution < 1.29 is 14.6 Å². The lowest BCUT2D eigenvalue weighted by Gasteiger charge is -2.06. The molecule has 0 saturated heterocycles. The molecule has 0 aliphatic rings. The normalized spacial score (nSPS) is 11.4. The molecule has 0 aliphatic heterocycles. The Labute approximate surface area is 55.2 Å². The number of hydrogen-bond donors (Lipinski definition) is 2. The van der Waals surface area contributed by atoms with Gasteiger partial charge in [0.05, 0.1) is 0 Å². The number of hydrogen-bond acceptors (Lipinski definition) is 3. The monoisotopic (exact) mass is 151 g/mol. The fourth-order valence-electron chi connectivity index (χ4n) is 0.569. The molecule has 0 bridgehead atoms. The molecule has 0 aromatic heterocycles. The number of carbonyl (C=O) groups is 1. The molecule has 3 nitrogen and oxygen atoms in total. The Bertz CT molecular complexity index is 92.2. The van der Waals surface area contributed by atoms with E-state index in [2.05, 4.69) is 0 Å². The second-order valence-corrected chi connectivity index (χ2v) is 4.52. The summed E-state index contributed by atoms with van der Waals surface area (Å²) in [6, 6.07) is 0. The van der Waals surface area contributed by atoms with Crippen molar-refractivity contribution in [1.82, 2.24) is 0 Å². The van der Waals surface area contributed by atoms with Crippen molar-refractivity contribution in [2.24, 2.45) is 0 Å². The van der Waals surface area contributed by atoms with E-state index in [9.17, 15) is 4.79 Å². The summed E-state index contributed by atoms with van der Waals surface area (Å²) >= 11 is 0. The SMILES string of the molecule is CCC[P+](O)(O)CC=O. The molecule has 0 aromatic carbocycles. The number of carbonyl (C=O) groups excluding carboxylic acids is 1.